The predicted octanol–water partition coefficient (Wildman–Crippen LogP) is 0.103. The molecule has 7 nitrogen and oxygen atoms in total. The van der Waals surface area contributed by atoms with Crippen molar-refractivity contribution in [2.75, 3.05) is 12.3 Å². The zero-order chi connectivity index (χ0) is 15.4. The van der Waals surface area contributed by atoms with Crippen molar-refractivity contribution in [3.05, 3.63) is 41.6 Å². The second-order valence-electron chi connectivity index (χ2n) is 4.58. The number of rotatable bonds is 5. The molecule has 0 fully saturated rings. The van der Waals surface area contributed by atoms with E-state index in [2.05, 4.69) is 5.10 Å². The molecule has 110 valence electrons. The number of aliphatic hydroxyl groups is 3. The number of hydrogen-bond acceptors (Lipinski definition) is 6. The second kappa shape index (κ2) is 6.37. The Labute approximate surface area is 121 Å². The van der Waals surface area contributed by atoms with Gasteiger partial charge in [-0.3, -0.25) is 0 Å². The first-order valence-electron chi connectivity index (χ1n) is 6.39. The van der Waals surface area contributed by atoms with Crippen LogP contribution in [0.15, 0.2) is 30.5 Å². The summed E-state index contributed by atoms with van der Waals surface area (Å²) in [5.74, 6) is 0.242. The summed E-state index contributed by atoms with van der Waals surface area (Å²) in [7, 11) is 0. The van der Waals surface area contributed by atoms with Crippen LogP contribution in [0.1, 0.15) is 23.7 Å². The van der Waals surface area contributed by atoms with Crippen molar-refractivity contribution < 1.29 is 15.3 Å². The molecule has 0 saturated carbocycles. The highest BCUT2D eigenvalue weighted by Gasteiger charge is 2.18. The fraction of sp³-hybridized carbons (Fsp3) is 0.286. The fourth-order valence-electron chi connectivity index (χ4n) is 1.97. The van der Waals surface area contributed by atoms with Gasteiger partial charge in [-0.25, -0.2) is 4.68 Å². The van der Waals surface area contributed by atoms with Gasteiger partial charge in [0.15, 0.2) is 0 Å². The van der Waals surface area contributed by atoms with Gasteiger partial charge in [0.05, 0.1) is 18.0 Å². The molecule has 2 aromatic rings. The number of nitrogens with zero attached hydrogens (tertiary/aromatic N) is 3. The molecule has 0 aliphatic carbocycles. The maximum absolute atomic E-state index is 9.93. The van der Waals surface area contributed by atoms with Crippen LogP contribution in [0.5, 0.6) is 0 Å². The summed E-state index contributed by atoms with van der Waals surface area (Å²) < 4.78 is 1.42. The Bertz CT molecular complexity index is 645. The van der Waals surface area contributed by atoms with Crippen LogP contribution in [-0.4, -0.2) is 37.8 Å². The molecular weight excluding hydrogens is 272 g/mol. The smallest absolute Gasteiger partial charge is 0.145 e. The minimum atomic E-state index is -1.07. The number of anilines is 1. The van der Waals surface area contributed by atoms with Gasteiger partial charge in [-0.15, -0.1) is 0 Å². The average Bonchev–Trinajstić information content (AvgIpc) is 2.88. The molecule has 0 saturated heterocycles. The molecule has 0 bridgehead atoms. The number of nitrogens with two attached hydrogens (primary N) is 1. The van der Waals surface area contributed by atoms with Crippen LogP contribution in [0, 0.1) is 11.3 Å². The van der Waals surface area contributed by atoms with Crippen molar-refractivity contribution >= 4 is 5.82 Å². The van der Waals surface area contributed by atoms with Crippen LogP contribution in [0.25, 0.3) is 5.69 Å². The van der Waals surface area contributed by atoms with E-state index in [1.807, 2.05) is 6.07 Å². The summed E-state index contributed by atoms with van der Waals surface area (Å²) in [6, 6.07) is 8.55. The van der Waals surface area contributed by atoms with E-state index in [-0.39, 0.29) is 24.4 Å². The van der Waals surface area contributed by atoms with Gasteiger partial charge < -0.3 is 21.1 Å². The highest BCUT2D eigenvalue weighted by Crippen LogP contribution is 2.22. The van der Waals surface area contributed by atoms with E-state index < -0.39 is 12.2 Å². The zero-order valence-corrected chi connectivity index (χ0v) is 11.2. The van der Waals surface area contributed by atoms with Crippen molar-refractivity contribution in [3.63, 3.8) is 0 Å². The van der Waals surface area contributed by atoms with Crippen LogP contribution in [0.2, 0.25) is 0 Å². The lowest BCUT2D eigenvalue weighted by Crippen LogP contribution is -2.19. The Hall–Kier alpha value is -2.40. The number of nitriles is 1. The van der Waals surface area contributed by atoms with Crippen LogP contribution in [-0.2, 0) is 0 Å². The predicted molar refractivity (Wildman–Crippen MR) is 75.4 cm³/mol. The quantitative estimate of drug-likeness (QED) is 0.618. The summed E-state index contributed by atoms with van der Waals surface area (Å²) in [4.78, 5) is 0. The van der Waals surface area contributed by atoms with Gasteiger partial charge in [0.25, 0.3) is 0 Å². The third kappa shape index (κ3) is 3.03. The molecule has 2 atom stereocenters. The lowest BCUT2D eigenvalue weighted by Gasteiger charge is -2.17. The third-order valence-corrected chi connectivity index (χ3v) is 3.20. The molecule has 2 rings (SSSR count). The van der Waals surface area contributed by atoms with Gasteiger partial charge in [-0.2, -0.15) is 10.4 Å². The lowest BCUT2D eigenvalue weighted by molar-refractivity contribution is 0.00422. The lowest BCUT2D eigenvalue weighted by atomic mass is 10.0. The standard InChI is InChI=1S/C14H16N4O3/c15-7-10-8-17-18(14(10)16)11-3-1-9(2-4-11)13(21)12(20)5-6-19/h1-4,8,12-13,19-21H,5-6,16H2. The van der Waals surface area contributed by atoms with Gasteiger partial charge in [-0.05, 0) is 24.1 Å². The number of aliphatic hydroxyl groups excluding tert-OH is 3. The van der Waals surface area contributed by atoms with E-state index in [1.54, 1.807) is 24.3 Å². The molecule has 0 aliphatic heterocycles. The van der Waals surface area contributed by atoms with Crippen LogP contribution >= 0.6 is 0 Å². The first-order chi connectivity index (χ1) is 10.1. The number of hydrogen-bond donors (Lipinski definition) is 4. The van der Waals surface area contributed by atoms with Crippen molar-refractivity contribution in [3.8, 4) is 11.8 Å². The topological polar surface area (TPSA) is 128 Å². The number of aromatic nitrogens is 2. The minimum Gasteiger partial charge on any atom is -0.396 e. The summed E-state index contributed by atoms with van der Waals surface area (Å²) in [6.45, 7) is -0.197. The summed E-state index contributed by atoms with van der Waals surface area (Å²) in [6.07, 6.45) is -0.624. The molecule has 7 heteroatoms. The van der Waals surface area contributed by atoms with Crippen molar-refractivity contribution in [2.24, 2.45) is 0 Å². The van der Waals surface area contributed by atoms with Crippen molar-refractivity contribution in [2.45, 2.75) is 18.6 Å². The Morgan fingerprint density at radius 2 is 1.95 bits per heavy atom. The number of benzene rings is 1. The molecule has 1 aromatic heterocycles. The van der Waals surface area contributed by atoms with E-state index in [9.17, 15) is 10.2 Å². The van der Waals surface area contributed by atoms with E-state index in [1.165, 1.54) is 10.9 Å². The number of nitrogen functional groups attached to an aromatic ring is 1. The average molecular weight is 288 g/mol. The van der Waals surface area contributed by atoms with E-state index in [0.29, 0.717) is 11.3 Å². The molecule has 1 aromatic carbocycles. The van der Waals surface area contributed by atoms with Crippen LogP contribution in [0.4, 0.5) is 5.82 Å². The van der Waals surface area contributed by atoms with E-state index in [4.69, 9.17) is 16.1 Å². The van der Waals surface area contributed by atoms with Gasteiger partial charge in [0, 0.05) is 6.61 Å². The molecule has 5 N–H and O–H groups in total. The molecule has 1 heterocycles. The van der Waals surface area contributed by atoms with E-state index >= 15 is 0 Å². The summed E-state index contributed by atoms with van der Waals surface area (Å²) in [5.41, 5.74) is 7.24. The zero-order valence-electron chi connectivity index (χ0n) is 11.2. The first kappa shape index (κ1) is 15.0. The Balaban J connectivity index is 2.23. The van der Waals surface area contributed by atoms with Crippen molar-refractivity contribution in [1.29, 1.82) is 5.26 Å². The Morgan fingerprint density at radius 3 is 2.48 bits per heavy atom. The van der Waals surface area contributed by atoms with Gasteiger partial charge >= 0.3 is 0 Å². The Kier molecular flexibility index (Phi) is 4.55. The monoisotopic (exact) mass is 288 g/mol. The third-order valence-electron chi connectivity index (χ3n) is 3.20. The SMILES string of the molecule is N#Cc1cnn(-c2ccc(C(O)C(O)CCO)cc2)c1N. The molecular formula is C14H16N4O3. The molecule has 0 spiro atoms. The molecule has 0 amide bonds. The highest BCUT2D eigenvalue weighted by molar-refractivity contribution is 5.52. The Morgan fingerprint density at radius 1 is 1.29 bits per heavy atom. The normalized spacial score (nSPS) is 13.6. The molecule has 2 unspecified atom stereocenters. The van der Waals surface area contributed by atoms with E-state index in [0.717, 1.165) is 0 Å². The summed E-state index contributed by atoms with van der Waals surface area (Å²) >= 11 is 0. The second-order valence-corrected chi connectivity index (χ2v) is 4.58. The van der Waals surface area contributed by atoms with Crippen molar-refractivity contribution in [1.82, 2.24) is 9.78 Å². The molecule has 0 radical (unpaired) electrons. The molecule has 21 heavy (non-hydrogen) atoms. The summed E-state index contributed by atoms with van der Waals surface area (Å²) in [5, 5.41) is 41.2. The largest absolute Gasteiger partial charge is 0.396 e. The van der Waals surface area contributed by atoms with Gasteiger partial charge in [0.2, 0.25) is 0 Å². The first-order valence-corrected chi connectivity index (χ1v) is 6.39. The van der Waals surface area contributed by atoms with Crippen LogP contribution < -0.4 is 5.73 Å². The van der Waals surface area contributed by atoms with Gasteiger partial charge in [0.1, 0.15) is 23.6 Å². The highest BCUT2D eigenvalue weighted by atomic mass is 16.3. The minimum absolute atomic E-state index is 0.0978. The fourth-order valence-corrected chi connectivity index (χ4v) is 1.97. The maximum Gasteiger partial charge on any atom is 0.145 e. The maximum atomic E-state index is 9.93. The van der Waals surface area contributed by atoms with Crippen LogP contribution in [0.3, 0.4) is 0 Å². The molecule has 0 aliphatic rings. The van der Waals surface area contributed by atoms with Gasteiger partial charge in [-0.1, -0.05) is 12.1 Å².